The van der Waals surface area contributed by atoms with E-state index in [9.17, 15) is 23.3 Å². The molecular weight excluding hydrogens is 408 g/mol. The first-order valence-electron chi connectivity index (χ1n) is 9.50. The number of nitrogens with zero attached hydrogens (tertiary/aromatic N) is 2. The van der Waals surface area contributed by atoms with Crippen molar-refractivity contribution in [3.63, 3.8) is 0 Å². The standard InChI is InChI=1S/C20H26N4O5S/c1-4-5-12-23(3)30(28,29)17-9-7-16(8-10-17)21-14-20(25)22-18-11-6-15(2)13-19(18)24(26)27/h6-11,13,21H,4-5,12,14H2,1-3H3,(H,22,25). The smallest absolute Gasteiger partial charge is 0.293 e. The predicted molar refractivity (Wildman–Crippen MR) is 116 cm³/mol. The minimum Gasteiger partial charge on any atom is -0.376 e. The molecule has 0 aromatic heterocycles. The van der Waals surface area contributed by atoms with E-state index < -0.39 is 20.9 Å². The number of nitrogens with one attached hydrogen (secondary N) is 2. The lowest BCUT2D eigenvalue weighted by molar-refractivity contribution is -0.384. The number of rotatable bonds is 10. The maximum absolute atomic E-state index is 12.5. The number of benzene rings is 2. The molecule has 1 amide bonds. The molecule has 2 N–H and O–H groups in total. The number of anilines is 2. The molecular formula is C20H26N4O5S. The van der Waals surface area contributed by atoms with Gasteiger partial charge in [-0.15, -0.1) is 0 Å². The Morgan fingerprint density at radius 3 is 2.43 bits per heavy atom. The SMILES string of the molecule is CCCCN(C)S(=O)(=O)c1ccc(NCC(=O)Nc2ccc(C)cc2[N+](=O)[O-])cc1. The Balaban J connectivity index is 1.99. The topological polar surface area (TPSA) is 122 Å². The van der Waals surface area contributed by atoms with Gasteiger partial charge in [0.15, 0.2) is 0 Å². The number of carbonyl (C=O) groups is 1. The molecule has 9 nitrogen and oxygen atoms in total. The third kappa shape index (κ3) is 6.01. The summed E-state index contributed by atoms with van der Waals surface area (Å²) in [7, 11) is -2.01. The number of hydrogen-bond donors (Lipinski definition) is 2. The number of hydrogen-bond acceptors (Lipinski definition) is 6. The van der Waals surface area contributed by atoms with Crippen LogP contribution >= 0.6 is 0 Å². The lowest BCUT2D eigenvalue weighted by Crippen LogP contribution is -2.28. The molecule has 2 aromatic rings. The number of aryl methyl sites for hydroxylation is 1. The van der Waals surface area contributed by atoms with Gasteiger partial charge >= 0.3 is 0 Å². The zero-order valence-corrected chi connectivity index (χ0v) is 18.0. The Kier molecular flexibility index (Phi) is 7.90. The van der Waals surface area contributed by atoms with Crippen molar-refractivity contribution in [3.05, 3.63) is 58.1 Å². The monoisotopic (exact) mass is 434 g/mol. The predicted octanol–water partition coefficient (Wildman–Crippen LogP) is 3.37. The van der Waals surface area contributed by atoms with Gasteiger partial charge in [-0.3, -0.25) is 14.9 Å². The summed E-state index contributed by atoms with van der Waals surface area (Å²) in [5.74, 6) is -0.460. The van der Waals surface area contributed by atoms with Crippen LogP contribution in [0, 0.1) is 17.0 Å². The summed E-state index contributed by atoms with van der Waals surface area (Å²) in [6, 6.07) is 10.6. The first kappa shape index (κ1) is 23.3. The molecule has 0 radical (unpaired) electrons. The van der Waals surface area contributed by atoms with Gasteiger partial charge in [0.05, 0.1) is 16.4 Å². The highest BCUT2D eigenvalue weighted by Crippen LogP contribution is 2.25. The fraction of sp³-hybridized carbons (Fsp3) is 0.350. The van der Waals surface area contributed by atoms with E-state index in [1.54, 1.807) is 32.2 Å². The lowest BCUT2D eigenvalue weighted by Gasteiger charge is -2.17. The van der Waals surface area contributed by atoms with Crippen molar-refractivity contribution in [1.82, 2.24) is 4.31 Å². The second-order valence-electron chi connectivity index (χ2n) is 6.88. The van der Waals surface area contributed by atoms with Gasteiger partial charge in [0.1, 0.15) is 5.69 Å². The van der Waals surface area contributed by atoms with Crippen LogP contribution in [0.2, 0.25) is 0 Å². The first-order valence-corrected chi connectivity index (χ1v) is 10.9. The Morgan fingerprint density at radius 1 is 1.17 bits per heavy atom. The summed E-state index contributed by atoms with van der Waals surface area (Å²) >= 11 is 0. The summed E-state index contributed by atoms with van der Waals surface area (Å²) in [5.41, 5.74) is 1.21. The molecule has 0 aliphatic rings. The molecule has 0 aliphatic carbocycles. The molecule has 2 rings (SSSR count). The van der Waals surface area contributed by atoms with Crippen LogP contribution in [0.4, 0.5) is 17.1 Å². The summed E-state index contributed by atoms with van der Waals surface area (Å²) in [6.07, 6.45) is 1.68. The van der Waals surface area contributed by atoms with Crippen molar-refractivity contribution in [3.8, 4) is 0 Å². The van der Waals surface area contributed by atoms with Gasteiger partial charge in [-0.1, -0.05) is 19.4 Å². The van der Waals surface area contributed by atoms with Crippen molar-refractivity contribution in [1.29, 1.82) is 0 Å². The summed E-state index contributed by atoms with van der Waals surface area (Å²) < 4.78 is 26.4. The third-order valence-corrected chi connectivity index (χ3v) is 6.34. The van der Waals surface area contributed by atoms with Gasteiger partial charge in [-0.05, 0) is 49.2 Å². The fourth-order valence-electron chi connectivity index (χ4n) is 2.70. The molecule has 30 heavy (non-hydrogen) atoms. The average Bonchev–Trinajstić information content (AvgIpc) is 2.71. The van der Waals surface area contributed by atoms with Crippen molar-refractivity contribution in [2.75, 3.05) is 30.8 Å². The van der Waals surface area contributed by atoms with Gasteiger partial charge in [-0.25, -0.2) is 12.7 Å². The highest BCUT2D eigenvalue weighted by Gasteiger charge is 2.20. The van der Waals surface area contributed by atoms with E-state index in [2.05, 4.69) is 10.6 Å². The molecule has 0 bridgehead atoms. The fourth-order valence-corrected chi connectivity index (χ4v) is 3.91. The Morgan fingerprint density at radius 2 is 1.83 bits per heavy atom. The molecule has 162 valence electrons. The lowest BCUT2D eigenvalue weighted by atomic mass is 10.2. The van der Waals surface area contributed by atoms with Gasteiger partial charge in [0.2, 0.25) is 15.9 Å². The zero-order chi connectivity index (χ0) is 22.3. The molecule has 0 spiro atoms. The van der Waals surface area contributed by atoms with Crippen LogP contribution in [-0.2, 0) is 14.8 Å². The van der Waals surface area contributed by atoms with Gasteiger partial charge in [0, 0.05) is 25.3 Å². The Labute approximate surface area is 176 Å². The van der Waals surface area contributed by atoms with E-state index in [1.165, 1.54) is 28.6 Å². The van der Waals surface area contributed by atoms with Crippen LogP contribution < -0.4 is 10.6 Å². The minimum absolute atomic E-state index is 0.119. The number of amides is 1. The van der Waals surface area contributed by atoms with Gasteiger partial charge in [0.25, 0.3) is 5.69 Å². The maximum Gasteiger partial charge on any atom is 0.293 e. The van der Waals surface area contributed by atoms with Gasteiger partial charge < -0.3 is 10.6 Å². The largest absolute Gasteiger partial charge is 0.376 e. The van der Waals surface area contributed by atoms with Crippen LogP contribution in [0.1, 0.15) is 25.3 Å². The van der Waals surface area contributed by atoms with E-state index in [1.807, 2.05) is 6.92 Å². The second kappa shape index (κ2) is 10.2. The molecule has 10 heteroatoms. The third-order valence-electron chi connectivity index (χ3n) is 4.47. The van der Waals surface area contributed by atoms with E-state index in [-0.39, 0.29) is 22.8 Å². The molecule has 0 aliphatic heterocycles. The number of nitro groups is 1. The number of sulfonamides is 1. The van der Waals surface area contributed by atoms with Crippen molar-refractivity contribution < 1.29 is 18.1 Å². The zero-order valence-electron chi connectivity index (χ0n) is 17.2. The van der Waals surface area contributed by atoms with Crippen molar-refractivity contribution in [2.24, 2.45) is 0 Å². The van der Waals surface area contributed by atoms with E-state index >= 15 is 0 Å². The van der Waals surface area contributed by atoms with Crippen LogP contribution in [0.25, 0.3) is 0 Å². The molecule has 0 heterocycles. The number of nitro benzene ring substituents is 1. The van der Waals surface area contributed by atoms with Gasteiger partial charge in [-0.2, -0.15) is 0 Å². The molecule has 2 aromatic carbocycles. The molecule has 0 unspecified atom stereocenters. The van der Waals surface area contributed by atoms with Crippen LogP contribution in [0.5, 0.6) is 0 Å². The summed E-state index contributed by atoms with van der Waals surface area (Å²) in [6.45, 7) is 4.04. The van der Waals surface area contributed by atoms with Crippen LogP contribution in [0.3, 0.4) is 0 Å². The molecule has 0 saturated heterocycles. The van der Waals surface area contributed by atoms with E-state index in [0.717, 1.165) is 12.8 Å². The summed E-state index contributed by atoms with van der Waals surface area (Å²) in [5, 5.41) is 16.5. The molecule has 0 saturated carbocycles. The molecule has 0 atom stereocenters. The van der Waals surface area contributed by atoms with Crippen molar-refractivity contribution >= 4 is 33.0 Å². The van der Waals surface area contributed by atoms with E-state index in [4.69, 9.17) is 0 Å². The minimum atomic E-state index is -3.55. The Hall–Kier alpha value is -2.98. The quantitative estimate of drug-likeness (QED) is 0.437. The maximum atomic E-state index is 12.5. The molecule has 0 fully saturated rings. The van der Waals surface area contributed by atoms with E-state index in [0.29, 0.717) is 17.8 Å². The Bertz CT molecular complexity index is 1010. The number of unbranched alkanes of at least 4 members (excludes halogenated alkanes) is 1. The normalized spacial score (nSPS) is 11.3. The van der Waals surface area contributed by atoms with Crippen molar-refractivity contribution in [2.45, 2.75) is 31.6 Å². The highest BCUT2D eigenvalue weighted by molar-refractivity contribution is 7.89. The number of carbonyl (C=O) groups excluding carboxylic acids is 1. The second-order valence-corrected chi connectivity index (χ2v) is 8.93. The van der Waals surface area contributed by atoms with Crippen LogP contribution in [0.15, 0.2) is 47.4 Å². The van der Waals surface area contributed by atoms with Crippen LogP contribution in [-0.4, -0.2) is 43.7 Å². The summed E-state index contributed by atoms with van der Waals surface area (Å²) in [4.78, 5) is 22.9. The first-order chi connectivity index (χ1) is 14.1. The highest BCUT2D eigenvalue weighted by atomic mass is 32.2. The average molecular weight is 435 g/mol.